The van der Waals surface area contributed by atoms with Crippen LogP contribution in [0.15, 0.2) is 36.4 Å². The van der Waals surface area contributed by atoms with Crippen LogP contribution in [0.4, 0.5) is 0 Å². The van der Waals surface area contributed by atoms with Gasteiger partial charge in [-0.25, -0.2) is 0 Å². The topological polar surface area (TPSA) is 87.1 Å². The Labute approximate surface area is 169 Å². The lowest BCUT2D eigenvalue weighted by molar-refractivity contribution is 0.0532. The molecule has 0 aliphatic carbocycles. The van der Waals surface area contributed by atoms with Crippen molar-refractivity contribution in [3.8, 4) is 11.3 Å². The largest absolute Gasteiger partial charge is 0.335 e. The fraction of sp³-hybridized carbons (Fsp3) is 0.333. The molecule has 0 unspecified atom stereocenters. The number of carbonyl (C=O) groups is 2. The quantitative estimate of drug-likeness (QED) is 0.739. The first-order chi connectivity index (χ1) is 14.0. The van der Waals surface area contributed by atoms with Crippen LogP contribution in [0, 0.1) is 13.8 Å². The van der Waals surface area contributed by atoms with Crippen LogP contribution in [0.3, 0.4) is 0 Å². The van der Waals surface area contributed by atoms with Gasteiger partial charge in [-0.3, -0.25) is 19.4 Å². The molecule has 3 aromatic rings. The van der Waals surface area contributed by atoms with Gasteiger partial charge < -0.3 is 9.80 Å². The molecule has 2 aromatic heterocycles. The van der Waals surface area contributed by atoms with E-state index < -0.39 is 0 Å². The van der Waals surface area contributed by atoms with Crippen molar-refractivity contribution in [3.63, 3.8) is 0 Å². The molecule has 1 aliphatic heterocycles. The van der Waals surface area contributed by atoms with Crippen LogP contribution in [-0.4, -0.2) is 67.8 Å². The summed E-state index contributed by atoms with van der Waals surface area (Å²) in [5.41, 5.74) is 4.66. The summed E-state index contributed by atoms with van der Waals surface area (Å²) in [6.07, 6.45) is 0. The minimum atomic E-state index is -0.102. The van der Waals surface area contributed by atoms with Gasteiger partial charge in [-0.15, -0.1) is 0 Å². The smallest absolute Gasteiger partial charge is 0.272 e. The van der Waals surface area contributed by atoms with E-state index in [0.717, 1.165) is 17.0 Å². The summed E-state index contributed by atoms with van der Waals surface area (Å²) in [7, 11) is 1.89. The Kier molecular flexibility index (Phi) is 4.92. The molecule has 1 aromatic carbocycles. The maximum absolute atomic E-state index is 12.9. The molecular formula is C21H24N6O2. The van der Waals surface area contributed by atoms with Crippen molar-refractivity contribution in [1.82, 2.24) is 29.8 Å². The SMILES string of the molecule is Cc1nn(C)c(C)c1-c1cc(C(=O)N2CCN(C(=O)c3ccccc3)CC2)[nH]n1. The van der Waals surface area contributed by atoms with Gasteiger partial charge in [0, 0.05) is 50.0 Å². The predicted molar refractivity (Wildman–Crippen MR) is 109 cm³/mol. The molecule has 1 fully saturated rings. The summed E-state index contributed by atoms with van der Waals surface area (Å²) in [4.78, 5) is 29.0. The van der Waals surface area contributed by atoms with Crippen molar-refractivity contribution < 1.29 is 9.59 Å². The maximum Gasteiger partial charge on any atom is 0.272 e. The van der Waals surface area contributed by atoms with Gasteiger partial charge in [0.05, 0.1) is 11.4 Å². The molecule has 29 heavy (non-hydrogen) atoms. The fourth-order valence-electron chi connectivity index (χ4n) is 3.75. The van der Waals surface area contributed by atoms with Crippen LogP contribution in [0.25, 0.3) is 11.3 Å². The third-order valence-corrected chi connectivity index (χ3v) is 5.45. The van der Waals surface area contributed by atoms with Crippen LogP contribution < -0.4 is 0 Å². The van der Waals surface area contributed by atoms with E-state index in [1.54, 1.807) is 15.9 Å². The molecule has 8 nitrogen and oxygen atoms in total. The maximum atomic E-state index is 12.9. The number of nitrogens with zero attached hydrogens (tertiary/aromatic N) is 5. The highest BCUT2D eigenvalue weighted by molar-refractivity contribution is 5.95. The second kappa shape index (κ2) is 7.54. The molecule has 1 aliphatic rings. The van der Waals surface area contributed by atoms with Crippen LogP contribution in [0.1, 0.15) is 32.2 Å². The highest BCUT2D eigenvalue weighted by Crippen LogP contribution is 2.25. The minimum absolute atomic E-state index is 0.00375. The van der Waals surface area contributed by atoms with Crippen LogP contribution in [-0.2, 0) is 7.05 Å². The molecule has 8 heteroatoms. The van der Waals surface area contributed by atoms with E-state index in [1.165, 1.54) is 0 Å². The van der Waals surface area contributed by atoms with Gasteiger partial charge in [0.2, 0.25) is 0 Å². The fourth-order valence-corrected chi connectivity index (χ4v) is 3.75. The lowest BCUT2D eigenvalue weighted by Crippen LogP contribution is -2.50. The van der Waals surface area contributed by atoms with Crippen molar-refractivity contribution in [2.45, 2.75) is 13.8 Å². The molecular weight excluding hydrogens is 368 g/mol. The molecule has 3 heterocycles. The van der Waals surface area contributed by atoms with Gasteiger partial charge in [0.15, 0.2) is 0 Å². The molecule has 2 amide bonds. The number of aromatic amines is 1. The van der Waals surface area contributed by atoms with Crippen LogP contribution >= 0.6 is 0 Å². The molecule has 150 valence electrons. The number of piperazine rings is 1. The summed E-state index contributed by atoms with van der Waals surface area (Å²) in [6, 6.07) is 11.0. The van der Waals surface area contributed by atoms with Crippen LogP contribution in [0.5, 0.6) is 0 Å². The van der Waals surface area contributed by atoms with Gasteiger partial charge in [0.1, 0.15) is 5.69 Å². The van der Waals surface area contributed by atoms with E-state index in [0.29, 0.717) is 43.1 Å². The summed E-state index contributed by atoms with van der Waals surface area (Å²) in [6.45, 7) is 5.94. The number of hydrogen-bond acceptors (Lipinski definition) is 4. The van der Waals surface area contributed by atoms with E-state index >= 15 is 0 Å². The Bertz CT molecular complexity index is 1040. The van der Waals surface area contributed by atoms with Crippen molar-refractivity contribution in [2.24, 2.45) is 7.05 Å². The van der Waals surface area contributed by atoms with E-state index in [9.17, 15) is 9.59 Å². The summed E-state index contributed by atoms with van der Waals surface area (Å²) < 4.78 is 1.81. The van der Waals surface area contributed by atoms with Gasteiger partial charge >= 0.3 is 0 Å². The average molecular weight is 392 g/mol. The Morgan fingerprint density at radius 1 is 0.966 bits per heavy atom. The van der Waals surface area contributed by atoms with E-state index in [4.69, 9.17) is 0 Å². The number of aryl methyl sites for hydroxylation is 2. The predicted octanol–water partition coefficient (Wildman–Crippen LogP) is 2.03. The molecule has 4 rings (SSSR count). The molecule has 0 saturated carbocycles. The monoisotopic (exact) mass is 392 g/mol. The van der Waals surface area contributed by atoms with Gasteiger partial charge in [0.25, 0.3) is 11.8 Å². The second-order valence-corrected chi connectivity index (χ2v) is 7.29. The zero-order chi connectivity index (χ0) is 20.5. The van der Waals surface area contributed by atoms with Gasteiger partial charge in [-0.2, -0.15) is 10.2 Å². The Morgan fingerprint density at radius 3 is 2.17 bits per heavy atom. The Balaban J connectivity index is 1.43. The van der Waals surface area contributed by atoms with Crippen molar-refractivity contribution >= 4 is 11.8 Å². The summed E-state index contributed by atoms with van der Waals surface area (Å²) in [5.74, 6) is -0.0983. The number of rotatable bonds is 3. The highest BCUT2D eigenvalue weighted by atomic mass is 16.2. The summed E-state index contributed by atoms with van der Waals surface area (Å²) in [5, 5.41) is 11.6. The van der Waals surface area contributed by atoms with Crippen molar-refractivity contribution in [2.75, 3.05) is 26.2 Å². The molecule has 1 N–H and O–H groups in total. The summed E-state index contributed by atoms with van der Waals surface area (Å²) >= 11 is 0. The number of H-pyrrole nitrogens is 1. The number of aromatic nitrogens is 4. The van der Waals surface area contributed by atoms with Crippen molar-refractivity contribution in [1.29, 1.82) is 0 Å². The number of hydrogen-bond donors (Lipinski definition) is 1. The average Bonchev–Trinajstić information content (AvgIpc) is 3.32. The minimum Gasteiger partial charge on any atom is -0.335 e. The molecule has 0 spiro atoms. The van der Waals surface area contributed by atoms with Gasteiger partial charge in [-0.1, -0.05) is 18.2 Å². The van der Waals surface area contributed by atoms with E-state index in [1.807, 2.05) is 55.9 Å². The number of nitrogens with one attached hydrogen (secondary N) is 1. The zero-order valence-electron chi connectivity index (χ0n) is 16.8. The zero-order valence-corrected chi connectivity index (χ0v) is 16.8. The number of amides is 2. The van der Waals surface area contributed by atoms with Crippen LogP contribution in [0.2, 0.25) is 0 Å². The lowest BCUT2D eigenvalue weighted by Gasteiger charge is -2.34. The van der Waals surface area contributed by atoms with E-state index in [-0.39, 0.29) is 11.8 Å². The second-order valence-electron chi connectivity index (χ2n) is 7.29. The van der Waals surface area contributed by atoms with Gasteiger partial charge in [-0.05, 0) is 32.0 Å². The Hall–Kier alpha value is -3.42. The standard InChI is InChI=1S/C21H24N6O2/c1-14-19(15(2)25(3)24-14)17-13-18(23-22-17)21(29)27-11-9-26(10-12-27)20(28)16-7-5-4-6-8-16/h4-8,13H,9-12H2,1-3H3,(H,22,23). The first-order valence-electron chi connectivity index (χ1n) is 9.65. The molecule has 0 atom stereocenters. The first kappa shape index (κ1) is 18.9. The molecule has 0 bridgehead atoms. The van der Waals surface area contributed by atoms with Crippen molar-refractivity contribution in [3.05, 3.63) is 59.0 Å². The Morgan fingerprint density at radius 2 is 1.59 bits per heavy atom. The third kappa shape index (κ3) is 3.53. The van der Waals surface area contributed by atoms with E-state index in [2.05, 4.69) is 15.3 Å². The lowest BCUT2D eigenvalue weighted by atomic mass is 10.1. The molecule has 0 radical (unpaired) electrons. The normalized spacial score (nSPS) is 14.3. The number of benzene rings is 1. The molecule has 1 saturated heterocycles. The third-order valence-electron chi connectivity index (χ3n) is 5.45. The number of carbonyl (C=O) groups excluding carboxylic acids is 2. The highest BCUT2D eigenvalue weighted by Gasteiger charge is 2.27. The first-order valence-corrected chi connectivity index (χ1v) is 9.65.